The van der Waals surface area contributed by atoms with Crippen molar-refractivity contribution in [2.24, 2.45) is 0 Å². The first kappa shape index (κ1) is 98.0. The number of urea groups is 1. The van der Waals surface area contributed by atoms with Crippen molar-refractivity contribution in [3.63, 3.8) is 0 Å². The van der Waals surface area contributed by atoms with E-state index in [4.69, 9.17) is 29.2 Å². The first-order chi connectivity index (χ1) is 66.3. The molecule has 5 saturated heterocycles. The number of likely N-dealkylation sites (N-methyl/N-ethyl adjacent to an activating group) is 2. The lowest BCUT2D eigenvalue weighted by Crippen LogP contribution is -2.51. The molecule has 6 N–H and O–H groups in total. The largest absolute Gasteiger partial charge is 0.495 e. The van der Waals surface area contributed by atoms with E-state index in [0.717, 1.165) is 243 Å². The molecule has 12 aromatic rings. The smallest absolute Gasteiger partial charge is 0.317 e. The van der Waals surface area contributed by atoms with Crippen molar-refractivity contribution >= 4 is 86.8 Å². The Hall–Kier alpha value is -14.0. The summed E-state index contributed by atoms with van der Waals surface area (Å²) in [6, 6.07) is 68.9. The molecule has 0 radical (unpaired) electrons. The second-order valence-corrected chi connectivity index (χ2v) is 34.6. The minimum atomic E-state index is -0.0864. The number of hydrogen-bond donors (Lipinski definition) is 6. The van der Waals surface area contributed by atoms with Crippen LogP contribution in [0.25, 0.3) is 45.0 Å². The summed E-state index contributed by atoms with van der Waals surface area (Å²) < 4.78 is 16.6. The Kier molecular flexibility index (Phi) is 35.9. The van der Waals surface area contributed by atoms with Gasteiger partial charge in [0.25, 0.3) is 0 Å². The highest BCUT2D eigenvalue weighted by Crippen LogP contribution is 2.34. The minimum absolute atomic E-state index is 0.00615. The van der Waals surface area contributed by atoms with Crippen LogP contribution in [0, 0.1) is 6.92 Å². The van der Waals surface area contributed by atoms with E-state index < -0.39 is 0 Å². The normalized spacial score (nSPS) is 15.0. The molecule has 0 spiro atoms. The average molecular weight is 1840 g/mol. The molecule has 4 aromatic heterocycles. The predicted molar refractivity (Wildman–Crippen MR) is 542 cm³/mol. The third-order valence-electron chi connectivity index (χ3n) is 24.3. The van der Waals surface area contributed by atoms with E-state index in [9.17, 15) is 24.0 Å². The number of piperidine rings is 1. The maximum absolute atomic E-state index is 12.6. The van der Waals surface area contributed by atoms with Gasteiger partial charge in [-0.15, -0.1) is 0 Å². The fourth-order valence-corrected chi connectivity index (χ4v) is 16.9. The molecular weight excluding hydrogens is 1710 g/mol. The Balaban J connectivity index is 0.000000145. The van der Waals surface area contributed by atoms with Crippen LogP contribution in [0.3, 0.4) is 0 Å². The number of methoxy groups -OCH3 is 1. The summed E-state index contributed by atoms with van der Waals surface area (Å²) in [7, 11) is 5.42. The number of nitrogens with zero attached hydrogens (tertiary/aromatic N) is 15. The second-order valence-electron chi connectivity index (χ2n) is 34.6. The van der Waals surface area contributed by atoms with E-state index in [-0.39, 0.29) is 35.5 Å². The molecule has 0 unspecified atom stereocenters. The highest BCUT2D eigenvalue weighted by Gasteiger charge is 2.25. The number of piperazine rings is 2. The SMILES string of the molecule is CCCC(=O)Cc1ccc(-c2ccnc(Cc3ccc(N4CCOCC4)c(OC)c3)n2)cc1.CCN1CCN(c2ccc(Nc3ncc(C)c(-c4ccc(NC(C)=O)cc4)n3)cc2)CC1.CCNC(=O)N1CCN(c2ccc(Nc3nccc(-c4ccc(NC(=O)CN(C)C)cc4)n3)cc2)CC1.O=C(Cc1ccc(-c2ccnc(Cc3ccc(N4CCOCC4)cc3)n2)cc1)[C@H]1CCCCN1. The molecular formula is C107H127N21O8. The Morgan fingerprint density at radius 2 is 0.963 bits per heavy atom. The molecule has 29 nitrogen and oxygen atoms in total. The van der Waals surface area contributed by atoms with Crippen molar-refractivity contribution in [1.29, 1.82) is 0 Å². The number of ether oxygens (including phenoxy) is 3. The molecule has 4 amide bonds. The second kappa shape index (κ2) is 49.8. The van der Waals surface area contributed by atoms with Crippen LogP contribution in [0.15, 0.2) is 231 Å². The van der Waals surface area contributed by atoms with Gasteiger partial charge in [-0.05, 0) is 203 Å². The number of benzene rings is 8. The van der Waals surface area contributed by atoms with Crippen molar-refractivity contribution in [3.8, 4) is 50.8 Å². The molecule has 17 rings (SSSR count). The van der Waals surface area contributed by atoms with Crippen molar-refractivity contribution in [2.45, 2.75) is 98.4 Å². The van der Waals surface area contributed by atoms with Crippen LogP contribution >= 0.6 is 0 Å². The van der Waals surface area contributed by atoms with Crippen molar-refractivity contribution in [3.05, 3.63) is 271 Å². The number of anilines is 10. The molecule has 5 fully saturated rings. The Morgan fingerprint density at radius 1 is 0.485 bits per heavy atom. The summed E-state index contributed by atoms with van der Waals surface area (Å²) >= 11 is 0. The van der Waals surface area contributed by atoms with Gasteiger partial charge in [-0.3, -0.25) is 19.2 Å². The van der Waals surface area contributed by atoms with Crippen LogP contribution in [0.2, 0.25) is 0 Å². The van der Waals surface area contributed by atoms with Gasteiger partial charge in [-0.25, -0.2) is 44.7 Å². The van der Waals surface area contributed by atoms with Crippen LogP contribution in [0.4, 0.5) is 62.2 Å². The van der Waals surface area contributed by atoms with Crippen molar-refractivity contribution in [1.82, 2.24) is 65.2 Å². The summed E-state index contributed by atoms with van der Waals surface area (Å²) in [4.78, 5) is 112. The van der Waals surface area contributed by atoms with Gasteiger partial charge in [-0.2, -0.15) is 0 Å². The molecule has 5 aliphatic heterocycles. The number of amides is 4. The number of carbonyl (C=O) groups excluding carboxylic acids is 5. The van der Waals surface area contributed by atoms with Gasteiger partial charge >= 0.3 is 6.03 Å². The minimum Gasteiger partial charge on any atom is -0.495 e. The van der Waals surface area contributed by atoms with Crippen LogP contribution in [0.1, 0.15) is 99.3 Å². The van der Waals surface area contributed by atoms with Gasteiger partial charge in [0, 0.05) is 211 Å². The number of ketones is 2. The zero-order chi connectivity index (χ0) is 94.9. The monoisotopic (exact) mass is 1830 g/mol. The Labute approximate surface area is 798 Å². The van der Waals surface area contributed by atoms with Crippen molar-refractivity contribution < 1.29 is 38.2 Å². The van der Waals surface area contributed by atoms with Gasteiger partial charge in [-0.1, -0.05) is 111 Å². The summed E-state index contributed by atoms with van der Waals surface area (Å²) in [6.45, 7) is 26.7. The lowest BCUT2D eigenvalue weighted by atomic mass is 9.96. The van der Waals surface area contributed by atoms with E-state index in [1.54, 1.807) is 19.5 Å². The molecule has 0 aliphatic carbocycles. The highest BCUT2D eigenvalue weighted by molar-refractivity contribution is 5.93. The number of nitrogens with one attached hydrogen (secondary N) is 6. The lowest BCUT2D eigenvalue weighted by molar-refractivity contribution is -0.121. The van der Waals surface area contributed by atoms with Gasteiger partial charge in [0.05, 0.1) is 74.6 Å². The van der Waals surface area contributed by atoms with Crippen LogP contribution in [-0.4, -0.2) is 242 Å². The fourth-order valence-electron chi connectivity index (χ4n) is 16.9. The molecule has 1 atom stereocenters. The number of carbonyl (C=O) groups is 5. The molecule has 29 heteroatoms. The van der Waals surface area contributed by atoms with Gasteiger partial charge in [0.2, 0.25) is 23.7 Å². The van der Waals surface area contributed by atoms with E-state index >= 15 is 0 Å². The molecule has 8 aromatic carbocycles. The Morgan fingerprint density at radius 3 is 1.49 bits per heavy atom. The zero-order valence-corrected chi connectivity index (χ0v) is 79.5. The van der Waals surface area contributed by atoms with E-state index in [2.05, 4.69) is 179 Å². The number of morpholine rings is 2. The number of rotatable bonds is 30. The van der Waals surface area contributed by atoms with Gasteiger partial charge in [0.1, 0.15) is 23.2 Å². The van der Waals surface area contributed by atoms with E-state index in [0.29, 0.717) is 70.2 Å². The first-order valence-electron chi connectivity index (χ1n) is 47.4. The lowest BCUT2D eigenvalue weighted by Gasteiger charge is -2.36. The first-order valence-corrected chi connectivity index (χ1v) is 47.4. The number of aryl methyl sites for hydroxylation is 1. The fraction of sp³-hybridized carbons (Fsp3) is 0.355. The number of hydrogen-bond acceptors (Lipinski definition) is 25. The van der Waals surface area contributed by atoms with Crippen LogP contribution in [-0.2, 0) is 54.3 Å². The predicted octanol–water partition coefficient (Wildman–Crippen LogP) is 15.9. The third-order valence-corrected chi connectivity index (χ3v) is 24.3. The van der Waals surface area contributed by atoms with Crippen LogP contribution in [0.5, 0.6) is 5.75 Å². The van der Waals surface area contributed by atoms with E-state index in [1.807, 2.05) is 172 Å². The number of Topliss-reactive ketones (excluding diaryl/α,β-unsaturated/α-hetero) is 2. The molecule has 708 valence electrons. The zero-order valence-electron chi connectivity index (χ0n) is 79.5. The topological polar surface area (TPSA) is 311 Å². The third kappa shape index (κ3) is 29.0. The van der Waals surface area contributed by atoms with E-state index in [1.165, 1.54) is 30.3 Å². The molecule has 9 heterocycles. The van der Waals surface area contributed by atoms with Gasteiger partial charge < -0.3 is 80.4 Å². The van der Waals surface area contributed by atoms with Crippen molar-refractivity contribution in [2.75, 3.05) is 193 Å². The van der Waals surface area contributed by atoms with Gasteiger partial charge in [0.15, 0.2) is 5.78 Å². The Bertz CT molecular complexity index is 5850. The van der Waals surface area contributed by atoms with Crippen LogP contribution < -0.4 is 56.2 Å². The maximum Gasteiger partial charge on any atom is 0.317 e. The molecule has 5 aliphatic rings. The quantitative estimate of drug-likeness (QED) is 0.0244. The highest BCUT2D eigenvalue weighted by atomic mass is 16.5. The average Bonchev–Trinajstić information content (AvgIpc) is 0.823. The molecule has 0 bridgehead atoms. The summed E-state index contributed by atoms with van der Waals surface area (Å²) in [6.07, 6.45) is 14.2. The molecule has 136 heavy (non-hydrogen) atoms. The summed E-state index contributed by atoms with van der Waals surface area (Å²) in [5.41, 5.74) is 20.8. The standard InChI is InChI=1S/C28H32N4O2.C27H34N8O2.C27H31N3O3.C25H30N6O/c33-27(26-3-1-2-13-29-26)19-21-4-8-23(9-5-21)25-12-14-30-28(31-25)20-22-6-10-24(11-7-22)32-15-17-34-18-16-32;1-4-28-27(37)35-17-15-34(16-18-35)23-11-9-22(10-12-23)31-26-29-14-13-24(32-26)20-5-7-21(8-6-20)30-25(36)19-33(2)3;1-3-4-23(31)17-20-5-8-22(9-6-20)24-11-12-28-27(29-24)19-21-7-10-25(26(18-21)32-2)30-13-15-33-16-14-30;1-4-30-13-15-31(16-14-30)23-11-9-22(10-12-23)28-25-26-17-18(2)24(29-25)20-5-7-21(8-6-20)27-19(3)32/h4-12,14,26,29H,1-3,13,15-20H2;5-14H,4,15-19H2,1-3H3,(H,28,37)(H,30,36)(H,29,31,32);5-12,18H,3-4,13-17,19H2,1-2H3;5-12,17H,4,13-16H2,1-3H3,(H,27,32)(H,26,28,29)/t26-;;;/m1.../s1. The number of aromatic nitrogens is 8. The molecule has 0 saturated carbocycles. The summed E-state index contributed by atoms with van der Waals surface area (Å²) in [5.74, 6) is 3.91. The summed E-state index contributed by atoms with van der Waals surface area (Å²) in [5, 5.41) is 18.5. The maximum atomic E-state index is 12.6.